The van der Waals surface area contributed by atoms with Gasteiger partial charge in [-0.3, -0.25) is 0 Å². The summed E-state index contributed by atoms with van der Waals surface area (Å²) >= 11 is 0. The first-order valence-electron chi connectivity index (χ1n) is 7.12. The highest BCUT2D eigenvalue weighted by Gasteiger charge is 2.30. The van der Waals surface area contributed by atoms with E-state index in [1.54, 1.807) is 16.8 Å². The lowest BCUT2D eigenvalue weighted by molar-refractivity contribution is -0.137. The summed E-state index contributed by atoms with van der Waals surface area (Å²) in [5.41, 5.74) is 2.20. The Hall–Kier alpha value is -2.90. The van der Waals surface area contributed by atoms with Crippen LogP contribution in [0.25, 0.3) is 5.69 Å². The number of aromatic nitrogens is 4. The average molecular weight is 333 g/mol. The summed E-state index contributed by atoms with van der Waals surface area (Å²) in [7, 11) is 0. The lowest BCUT2D eigenvalue weighted by Crippen LogP contribution is -2.07. The molecule has 3 rings (SSSR count). The highest BCUT2D eigenvalue weighted by molar-refractivity contribution is 5.82. The van der Waals surface area contributed by atoms with Crippen molar-refractivity contribution in [2.75, 3.05) is 0 Å². The first-order chi connectivity index (χ1) is 11.4. The monoisotopic (exact) mass is 333 g/mol. The average Bonchev–Trinajstić information content (AvgIpc) is 3.13. The van der Waals surface area contributed by atoms with Crippen molar-refractivity contribution in [3.63, 3.8) is 0 Å². The molecule has 0 aliphatic heterocycles. The van der Waals surface area contributed by atoms with E-state index < -0.39 is 11.7 Å². The Morgan fingerprint density at radius 1 is 1.08 bits per heavy atom. The van der Waals surface area contributed by atoms with Gasteiger partial charge in [-0.05, 0) is 38.1 Å². The summed E-state index contributed by atoms with van der Waals surface area (Å²) in [6.07, 6.45) is 0.143. The molecule has 24 heavy (non-hydrogen) atoms. The number of nitrogens with zero attached hydrogens (tertiary/aromatic N) is 5. The van der Waals surface area contributed by atoms with Gasteiger partial charge < -0.3 is 4.57 Å². The van der Waals surface area contributed by atoms with Crippen molar-refractivity contribution in [3.8, 4) is 5.69 Å². The topological polar surface area (TPSA) is 48.0 Å². The highest BCUT2D eigenvalue weighted by Crippen LogP contribution is 2.31. The number of halogens is 3. The zero-order chi connectivity index (χ0) is 17.3. The minimum absolute atomic E-state index is 0.462. The molecule has 0 aliphatic carbocycles. The lowest BCUT2D eigenvalue weighted by Gasteiger charge is -2.13. The quantitative estimate of drug-likeness (QED) is 0.688. The van der Waals surface area contributed by atoms with Crippen LogP contribution in [0.4, 0.5) is 13.2 Å². The Kier molecular flexibility index (Phi) is 3.96. The third kappa shape index (κ3) is 3.08. The lowest BCUT2D eigenvalue weighted by atomic mass is 10.2. The van der Waals surface area contributed by atoms with E-state index in [1.165, 1.54) is 23.4 Å². The number of benzene rings is 1. The maximum atomic E-state index is 12.9. The van der Waals surface area contributed by atoms with Crippen LogP contribution in [-0.4, -0.2) is 25.7 Å². The van der Waals surface area contributed by atoms with Gasteiger partial charge in [-0.1, -0.05) is 6.07 Å². The summed E-state index contributed by atoms with van der Waals surface area (Å²) in [6, 6.07) is 7.12. The van der Waals surface area contributed by atoms with Crippen LogP contribution in [0, 0.1) is 13.8 Å². The van der Waals surface area contributed by atoms with Gasteiger partial charge in [-0.25, -0.2) is 4.68 Å². The van der Waals surface area contributed by atoms with Crippen LogP contribution in [0.5, 0.6) is 0 Å². The minimum Gasteiger partial charge on any atom is -0.318 e. The second kappa shape index (κ2) is 5.95. The van der Waals surface area contributed by atoms with Gasteiger partial charge in [0.15, 0.2) is 0 Å². The molecule has 0 spiro atoms. The first kappa shape index (κ1) is 16.0. The van der Waals surface area contributed by atoms with Crippen molar-refractivity contribution in [1.29, 1.82) is 0 Å². The summed E-state index contributed by atoms with van der Waals surface area (Å²) in [4.78, 5) is 0. The highest BCUT2D eigenvalue weighted by atomic mass is 19.4. The van der Waals surface area contributed by atoms with Crippen molar-refractivity contribution in [2.45, 2.75) is 20.0 Å². The van der Waals surface area contributed by atoms with Gasteiger partial charge in [0.2, 0.25) is 0 Å². The van der Waals surface area contributed by atoms with Gasteiger partial charge in [0.1, 0.15) is 12.7 Å². The molecule has 0 saturated heterocycles. The molecule has 0 fully saturated rings. The largest absolute Gasteiger partial charge is 0.416 e. The molecule has 2 heterocycles. The molecule has 0 atom stereocenters. The molecule has 0 unspecified atom stereocenters. The van der Waals surface area contributed by atoms with Gasteiger partial charge in [0.05, 0.1) is 11.8 Å². The zero-order valence-electron chi connectivity index (χ0n) is 13.0. The molecule has 5 nitrogen and oxygen atoms in total. The van der Waals surface area contributed by atoms with Crippen molar-refractivity contribution in [1.82, 2.24) is 19.4 Å². The van der Waals surface area contributed by atoms with Gasteiger partial charge in [-0.2, -0.15) is 18.3 Å². The second-order valence-electron chi connectivity index (χ2n) is 5.30. The molecule has 0 N–H and O–H groups in total. The third-order valence-electron chi connectivity index (χ3n) is 3.64. The van der Waals surface area contributed by atoms with Gasteiger partial charge in [-0.15, -0.1) is 10.2 Å². The second-order valence-corrected chi connectivity index (χ2v) is 5.30. The third-order valence-corrected chi connectivity index (χ3v) is 3.64. The molecule has 0 radical (unpaired) electrons. The molecule has 1 aromatic carbocycles. The molecule has 0 bridgehead atoms. The van der Waals surface area contributed by atoms with E-state index in [-0.39, 0.29) is 0 Å². The minimum atomic E-state index is -4.37. The van der Waals surface area contributed by atoms with E-state index in [2.05, 4.69) is 15.3 Å². The Bertz CT molecular complexity index is 876. The zero-order valence-corrected chi connectivity index (χ0v) is 13.0. The van der Waals surface area contributed by atoms with Crippen LogP contribution in [0.2, 0.25) is 0 Å². The number of aryl methyl sites for hydroxylation is 1. The Morgan fingerprint density at radius 3 is 2.46 bits per heavy atom. The Balaban J connectivity index is 2.01. The van der Waals surface area contributed by atoms with E-state index in [9.17, 15) is 13.2 Å². The molecule has 0 aliphatic rings. The Morgan fingerprint density at radius 2 is 1.79 bits per heavy atom. The summed E-state index contributed by atoms with van der Waals surface area (Å²) in [5.74, 6) is 0. The first-order valence-corrected chi connectivity index (χ1v) is 7.12. The molecule has 8 heteroatoms. The van der Waals surface area contributed by atoms with Crippen LogP contribution in [-0.2, 0) is 6.18 Å². The molecule has 3 aromatic rings. The van der Waals surface area contributed by atoms with Gasteiger partial charge in [0.25, 0.3) is 0 Å². The van der Waals surface area contributed by atoms with Crippen LogP contribution in [0.15, 0.2) is 48.1 Å². The standard InChI is InChI=1S/C16H14F3N5/c1-11-6-13(8-22-23-9-20-21-10-23)12(2)24(11)15-5-3-4-14(7-15)16(17,18)19/h3-10H,1-2H3. The van der Waals surface area contributed by atoms with Crippen molar-refractivity contribution >= 4 is 6.21 Å². The van der Waals surface area contributed by atoms with Crippen LogP contribution in [0.3, 0.4) is 0 Å². The maximum absolute atomic E-state index is 12.9. The van der Waals surface area contributed by atoms with Gasteiger partial charge in [0, 0.05) is 22.6 Å². The van der Waals surface area contributed by atoms with Gasteiger partial charge >= 0.3 is 6.18 Å². The molecule has 0 amide bonds. The molecular weight excluding hydrogens is 319 g/mol. The van der Waals surface area contributed by atoms with Crippen molar-refractivity contribution in [2.24, 2.45) is 5.10 Å². The fourth-order valence-electron chi connectivity index (χ4n) is 2.52. The van der Waals surface area contributed by atoms with E-state index in [0.29, 0.717) is 5.69 Å². The molecule has 124 valence electrons. The van der Waals surface area contributed by atoms with E-state index in [4.69, 9.17) is 0 Å². The molecular formula is C16H14F3N5. The van der Waals surface area contributed by atoms with Crippen LogP contribution in [0.1, 0.15) is 22.5 Å². The Labute approximate surface area is 136 Å². The smallest absolute Gasteiger partial charge is 0.318 e. The number of rotatable bonds is 3. The van der Waals surface area contributed by atoms with E-state index in [1.807, 2.05) is 19.9 Å². The number of hydrogen-bond donors (Lipinski definition) is 0. The fourth-order valence-corrected chi connectivity index (χ4v) is 2.52. The van der Waals surface area contributed by atoms with Crippen LogP contribution >= 0.6 is 0 Å². The summed E-state index contributed by atoms with van der Waals surface area (Å²) in [5, 5.41) is 11.5. The molecule has 0 saturated carbocycles. The molecule has 2 aromatic heterocycles. The number of hydrogen-bond acceptors (Lipinski definition) is 3. The van der Waals surface area contributed by atoms with E-state index >= 15 is 0 Å². The SMILES string of the molecule is Cc1cc(C=Nn2cnnc2)c(C)n1-c1cccc(C(F)(F)F)c1. The van der Waals surface area contributed by atoms with E-state index in [0.717, 1.165) is 29.1 Å². The summed E-state index contributed by atoms with van der Waals surface area (Å²) in [6.45, 7) is 3.67. The number of alkyl halides is 3. The van der Waals surface area contributed by atoms with Crippen molar-refractivity contribution in [3.05, 3.63) is 65.5 Å². The normalized spacial score (nSPS) is 12.2. The predicted molar refractivity (Wildman–Crippen MR) is 83.3 cm³/mol. The fraction of sp³-hybridized carbons (Fsp3) is 0.188. The predicted octanol–water partition coefficient (Wildman–Crippen LogP) is 3.59. The summed E-state index contributed by atoms with van der Waals surface area (Å²) < 4.78 is 42.0. The van der Waals surface area contributed by atoms with Crippen molar-refractivity contribution < 1.29 is 13.2 Å². The van der Waals surface area contributed by atoms with Crippen LogP contribution < -0.4 is 0 Å². The maximum Gasteiger partial charge on any atom is 0.416 e.